The van der Waals surface area contributed by atoms with Gasteiger partial charge in [-0.2, -0.15) is 5.10 Å². The molecule has 0 saturated heterocycles. The predicted octanol–water partition coefficient (Wildman–Crippen LogP) is 2.87. The van der Waals surface area contributed by atoms with Crippen LogP contribution in [0.15, 0.2) is 24.5 Å². The average molecular weight is 264 g/mol. The van der Waals surface area contributed by atoms with Crippen LogP contribution >= 0.6 is 0 Å². The Morgan fingerprint density at radius 2 is 2.21 bits per heavy atom. The summed E-state index contributed by atoms with van der Waals surface area (Å²) in [5.74, 6) is 0.588. The summed E-state index contributed by atoms with van der Waals surface area (Å²) in [6.07, 6.45) is 3.21. The van der Waals surface area contributed by atoms with Gasteiger partial charge in [-0.15, -0.1) is 0 Å². The smallest absolute Gasteiger partial charge is 0.267 e. The number of aromatic nitrogens is 3. The molecule has 19 heavy (non-hydrogen) atoms. The molecule has 2 heterocycles. The first-order valence-corrected chi connectivity index (χ1v) is 6.21. The van der Waals surface area contributed by atoms with Gasteiger partial charge < -0.3 is 5.73 Å². The molecule has 2 aromatic rings. The van der Waals surface area contributed by atoms with Crippen molar-refractivity contribution in [2.75, 3.05) is 5.73 Å². The van der Waals surface area contributed by atoms with Crippen molar-refractivity contribution in [1.29, 1.82) is 0 Å². The van der Waals surface area contributed by atoms with Crippen LogP contribution < -0.4 is 5.73 Å². The molecule has 4 nitrogen and oxygen atoms in total. The minimum absolute atomic E-state index is 0.129. The molecule has 100 valence electrons. The molecule has 6 heteroatoms. The summed E-state index contributed by atoms with van der Waals surface area (Å²) in [6, 6.07) is 3.17. The number of pyridine rings is 1. The van der Waals surface area contributed by atoms with Gasteiger partial charge >= 0.3 is 0 Å². The summed E-state index contributed by atoms with van der Waals surface area (Å²) >= 11 is 0. The van der Waals surface area contributed by atoms with E-state index in [2.05, 4.69) is 10.1 Å². The molecule has 2 N–H and O–H groups in total. The van der Waals surface area contributed by atoms with Crippen LogP contribution in [-0.2, 0) is 6.54 Å². The van der Waals surface area contributed by atoms with E-state index in [1.54, 1.807) is 0 Å². The molecule has 0 radical (unpaired) electrons. The maximum atomic E-state index is 12.8. The molecule has 0 atom stereocenters. The lowest BCUT2D eigenvalue weighted by Gasteiger charge is -2.05. The van der Waals surface area contributed by atoms with Gasteiger partial charge in [0.15, 0.2) is 0 Å². The highest BCUT2D eigenvalue weighted by Crippen LogP contribution is 2.31. The molecular formula is C13H14F2N4. The molecule has 0 unspecified atom stereocenters. The molecule has 2 aromatic heterocycles. The molecule has 0 aliphatic heterocycles. The number of alkyl halides is 2. The molecule has 3 rings (SSSR count). The molecule has 0 amide bonds. The van der Waals surface area contributed by atoms with Crippen molar-refractivity contribution in [3.05, 3.63) is 30.1 Å². The second kappa shape index (κ2) is 4.60. The van der Waals surface area contributed by atoms with E-state index in [1.807, 2.05) is 16.9 Å². The molecule has 1 aliphatic carbocycles. The molecule has 1 aliphatic rings. The highest BCUT2D eigenvalue weighted by Gasteiger charge is 2.22. The minimum Gasteiger partial charge on any atom is -0.383 e. The molecule has 1 saturated carbocycles. The fourth-order valence-corrected chi connectivity index (χ4v) is 1.99. The van der Waals surface area contributed by atoms with Crippen LogP contribution in [0.3, 0.4) is 0 Å². The van der Waals surface area contributed by atoms with E-state index in [4.69, 9.17) is 5.73 Å². The maximum absolute atomic E-state index is 12.8. The predicted molar refractivity (Wildman–Crippen MR) is 67.6 cm³/mol. The van der Waals surface area contributed by atoms with Crippen LogP contribution in [0.5, 0.6) is 0 Å². The van der Waals surface area contributed by atoms with E-state index >= 15 is 0 Å². The first-order chi connectivity index (χ1) is 9.13. The fraction of sp³-hybridized carbons (Fsp3) is 0.385. The minimum atomic E-state index is -2.62. The largest absolute Gasteiger partial charge is 0.383 e. The quantitative estimate of drug-likeness (QED) is 0.923. The van der Waals surface area contributed by atoms with Crippen molar-refractivity contribution in [3.8, 4) is 11.3 Å². The molecule has 0 spiro atoms. The second-order valence-electron chi connectivity index (χ2n) is 4.87. The van der Waals surface area contributed by atoms with Crippen molar-refractivity contribution >= 4 is 5.82 Å². The lowest BCUT2D eigenvalue weighted by Crippen LogP contribution is -2.01. The van der Waals surface area contributed by atoms with E-state index < -0.39 is 6.43 Å². The Labute approximate surface area is 109 Å². The SMILES string of the molecule is Nc1ncc(-c2ccn(CC3CC3)n2)cc1C(F)F. The third-order valence-corrected chi connectivity index (χ3v) is 3.26. The summed E-state index contributed by atoms with van der Waals surface area (Å²) in [5.41, 5.74) is 6.41. The first kappa shape index (κ1) is 12.1. The van der Waals surface area contributed by atoms with Crippen LogP contribution in [0.25, 0.3) is 11.3 Å². The van der Waals surface area contributed by atoms with Gasteiger partial charge in [0.2, 0.25) is 0 Å². The molecule has 0 aromatic carbocycles. The summed E-state index contributed by atoms with van der Waals surface area (Å²) < 4.78 is 27.4. The van der Waals surface area contributed by atoms with Gasteiger partial charge in [0.1, 0.15) is 5.82 Å². The Balaban J connectivity index is 1.88. The van der Waals surface area contributed by atoms with E-state index in [0.717, 1.165) is 6.54 Å². The summed E-state index contributed by atoms with van der Waals surface area (Å²) in [7, 11) is 0. The Morgan fingerprint density at radius 1 is 1.42 bits per heavy atom. The standard InChI is InChI=1S/C13H14F2N4/c14-12(15)10-5-9(6-17-13(10)16)11-3-4-19(18-11)7-8-1-2-8/h3-6,8,12H,1-2,7H2,(H2,16,17). The molecule has 0 bridgehead atoms. The van der Waals surface area contributed by atoms with Gasteiger partial charge in [0, 0.05) is 24.5 Å². The van der Waals surface area contributed by atoms with E-state index in [1.165, 1.54) is 25.1 Å². The topological polar surface area (TPSA) is 56.7 Å². The highest BCUT2D eigenvalue weighted by molar-refractivity contribution is 5.61. The third-order valence-electron chi connectivity index (χ3n) is 3.26. The van der Waals surface area contributed by atoms with E-state index in [0.29, 0.717) is 17.2 Å². The van der Waals surface area contributed by atoms with Crippen LogP contribution in [0.1, 0.15) is 24.8 Å². The summed E-state index contributed by atoms with van der Waals surface area (Å²) in [4.78, 5) is 3.81. The Morgan fingerprint density at radius 3 is 2.89 bits per heavy atom. The normalized spacial score (nSPS) is 15.1. The summed E-state index contributed by atoms with van der Waals surface area (Å²) in [6.45, 7) is 0.893. The Bertz CT molecular complexity index is 590. The zero-order chi connectivity index (χ0) is 13.4. The van der Waals surface area contributed by atoms with Gasteiger partial charge in [-0.05, 0) is 30.9 Å². The van der Waals surface area contributed by atoms with Crippen LogP contribution in [0.4, 0.5) is 14.6 Å². The van der Waals surface area contributed by atoms with Crippen molar-refractivity contribution in [3.63, 3.8) is 0 Å². The van der Waals surface area contributed by atoms with E-state index in [9.17, 15) is 8.78 Å². The number of hydrogen-bond acceptors (Lipinski definition) is 3. The average Bonchev–Trinajstić information content (AvgIpc) is 3.06. The number of nitrogens with zero attached hydrogens (tertiary/aromatic N) is 3. The van der Waals surface area contributed by atoms with Crippen LogP contribution in [0, 0.1) is 5.92 Å². The van der Waals surface area contributed by atoms with Crippen LogP contribution in [0.2, 0.25) is 0 Å². The number of nitrogens with two attached hydrogens (primary N) is 1. The second-order valence-corrected chi connectivity index (χ2v) is 4.87. The highest BCUT2D eigenvalue weighted by atomic mass is 19.3. The van der Waals surface area contributed by atoms with Gasteiger partial charge in [0.25, 0.3) is 6.43 Å². The Hall–Kier alpha value is -1.98. The number of hydrogen-bond donors (Lipinski definition) is 1. The van der Waals surface area contributed by atoms with Crippen molar-refractivity contribution in [2.45, 2.75) is 25.8 Å². The number of nitrogen functional groups attached to an aromatic ring is 1. The first-order valence-electron chi connectivity index (χ1n) is 6.21. The monoisotopic (exact) mass is 264 g/mol. The maximum Gasteiger partial charge on any atom is 0.267 e. The van der Waals surface area contributed by atoms with Gasteiger partial charge in [-0.3, -0.25) is 4.68 Å². The van der Waals surface area contributed by atoms with Gasteiger partial charge in [0.05, 0.1) is 11.3 Å². The lowest BCUT2D eigenvalue weighted by molar-refractivity contribution is 0.152. The lowest BCUT2D eigenvalue weighted by atomic mass is 10.1. The van der Waals surface area contributed by atoms with Crippen LogP contribution in [-0.4, -0.2) is 14.8 Å². The van der Waals surface area contributed by atoms with Gasteiger partial charge in [-0.1, -0.05) is 0 Å². The fourth-order valence-electron chi connectivity index (χ4n) is 1.99. The van der Waals surface area contributed by atoms with E-state index in [-0.39, 0.29) is 11.4 Å². The third kappa shape index (κ3) is 2.57. The number of rotatable bonds is 4. The molecular weight excluding hydrogens is 250 g/mol. The number of halogens is 2. The zero-order valence-electron chi connectivity index (χ0n) is 10.3. The molecule has 1 fully saturated rings. The van der Waals surface area contributed by atoms with Gasteiger partial charge in [-0.25, -0.2) is 13.8 Å². The van der Waals surface area contributed by atoms with Crippen molar-refractivity contribution < 1.29 is 8.78 Å². The van der Waals surface area contributed by atoms with Crippen molar-refractivity contribution in [2.24, 2.45) is 5.92 Å². The Kier molecular flexibility index (Phi) is 2.93. The number of anilines is 1. The summed E-state index contributed by atoms with van der Waals surface area (Å²) in [5, 5.41) is 4.38. The van der Waals surface area contributed by atoms with Crippen molar-refractivity contribution in [1.82, 2.24) is 14.8 Å². The zero-order valence-corrected chi connectivity index (χ0v) is 10.3.